The second-order valence-electron chi connectivity index (χ2n) is 5.32. The molecule has 3 aromatic rings. The summed E-state index contributed by atoms with van der Waals surface area (Å²) in [6.07, 6.45) is 3.80. The molecular formula is C16H18N4S. The van der Waals surface area contributed by atoms with Crippen molar-refractivity contribution in [2.45, 2.75) is 24.9 Å². The van der Waals surface area contributed by atoms with Crippen molar-refractivity contribution in [3.8, 4) is 11.3 Å². The van der Waals surface area contributed by atoms with Gasteiger partial charge >= 0.3 is 0 Å². The van der Waals surface area contributed by atoms with Gasteiger partial charge in [0.25, 0.3) is 0 Å². The fourth-order valence-electron chi connectivity index (χ4n) is 2.66. The summed E-state index contributed by atoms with van der Waals surface area (Å²) in [5.41, 5.74) is 4.35. The second kappa shape index (κ2) is 5.48. The lowest BCUT2D eigenvalue weighted by Crippen LogP contribution is -1.99. The Morgan fingerprint density at radius 2 is 2.00 bits per heavy atom. The third kappa shape index (κ3) is 2.53. The predicted octanol–water partition coefficient (Wildman–Crippen LogP) is 3.88. The number of aryl methyl sites for hydroxylation is 1. The van der Waals surface area contributed by atoms with E-state index in [4.69, 9.17) is 0 Å². The molecule has 3 rings (SSSR count). The number of aromatic nitrogens is 4. The average Bonchev–Trinajstić information content (AvgIpc) is 2.82. The number of nitrogens with zero attached hydrogens (tertiary/aromatic N) is 4. The molecule has 0 atom stereocenters. The molecule has 4 nitrogen and oxygen atoms in total. The SMILES string of the molecule is CSc1nccc(-c2ccc3nn(C)c(C(C)C)c3c2)n1. The zero-order valence-electron chi connectivity index (χ0n) is 12.7. The molecule has 0 fully saturated rings. The van der Waals surface area contributed by atoms with E-state index in [0.717, 1.165) is 21.9 Å². The van der Waals surface area contributed by atoms with E-state index < -0.39 is 0 Å². The van der Waals surface area contributed by atoms with Gasteiger partial charge in [-0.15, -0.1) is 0 Å². The highest BCUT2D eigenvalue weighted by atomic mass is 32.2. The van der Waals surface area contributed by atoms with Crippen LogP contribution in [0.5, 0.6) is 0 Å². The maximum absolute atomic E-state index is 4.58. The summed E-state index contributed by atoms with van der Waals surface area (Å²) in [4.78, 5) is 8.81. The molecule has 0 aliphatic heterocycles. The molecule has 2 aromatic heterocycles. The van der Waals surface area contributed by atoms with Crippen molar-refractivity contribution in [3.63, 3.8) is 0 Å². The minimum Gasteiger partial charge on any atom is -0.271 e. The second-order valence-corrected chi connectivity index (χ2v) is 6.10. The average molecular weight is 298 g/mol. The molecule has 21 heavy (non-hydrogen) atoms. The zero-order chi connectivity index (χ0) is 15.0. The maximum atomic E-state index is 4.58. The number of benzene rings is 1. The molecule has 0 saturated heterocycles. The zero-order valence-corrected chi connectivity index (χ0v) is 13.5. The first-order valence-corrected chi connectivity index (χ1v) is 8.16. The molecule has 0 unspecified atom stereocenters. The van der Waals surface area contributed by atoms with Crippen LogP contribution < -0.4 is 0 Å². The lowest BCUT2D eigenvalue weighted by molar-refractivity contribution is 0.677. The topological polar surface area (TPSA) is 43.6 Å². The summed E-state index contributed by atoms with van der Waals surface area (Å²) in [5, 5.41) is 6.58. The van der Waals surface area contributed by atoms with Crippen LogP contribution in [0.4, 0.5) is 0 Å². The van der Waals surface area contributed by atoms with Crippen molar-refractivity contribution in [2.75, 3.05) is 6.26 Å². The Morgan fingerprint density at radius 3 is 2.71 bits per heavy atom. The van der Waals surface area contributed by atoms with Gasteiger partial charge < -0.3 is 0 Å². The first kappa shape index (κ1) is 14.1. The molecule has 1 aromatic carbocycles. The van der Waals surface area contributed by atoms with Gasteiger partial charge in [-0.25, -0.2) is 9.97 Å². The van der Waals surface area contributed by atoms with Crippen molar-refractivity contribution in [1.29, 1.82) is 0 Å². The van der Waals surface area contributed by atoms with Crippen molar-refractivity contribution in [3.05, 3.63) is 36.2 Å². The molecule has 0 saturated carbocycles. The first-order chi connectivity index (χ1) is 10.1. The number of fused-ring (bicyclic) bond motifs is 1. The largest absolute Gasteiger partial charge is 0.271 e. The normalized spacial score (nSPS) is 11.5. The minimum atomic E-state index is 0.433. The lowest BCUT2D eigenvalue weighted by atomic mass is 10.0. The van der Waals surface area contributed by atoms with Gasteiger partial charge in [0.1, 0.15) is 0 Å². The molecule has 108 valence electrons. The van der Waals surface area contributed by atoms with Gasteiger partial charge in [-0.05, 0) is 30.4 Å². The van der Waals surface area contributed by atoms with Crippen LogP contribution in [0.15, 0.2) is 35.6 Å². The van der Waals surface area contributed by atoms with E-state index >= 15 is 0 Å². The van der Waals surface area contributed by atoms with E-state index in [0.29, 0.717) is 5.92 Å². The first-order valence-electron chi connectivity index (χ1n) is 6.94. The number of thioether (sulfide) groups is 1. The molecule has 0 bridgehead atoms. The summed E-state index contributed by atoms with van der Waals surface area (Å²) in [7, 11) is 2.01. The molecule has 0 N–H and O–H groups in total. The summed E-state index contributed by atoms with van der Waals surface area (Å²) < 4.78 is 1.98. The third-order valence-corrected chi connectivity index (χ3v) is 4.10. The Hall–Kier alpha value is -1.88. The van der Waals surface area contributed by atoms with Gasteiger partial charge in [0.05, 0.1) is 11.2 Å². The summed E-state index contributed by atoms with van der Waals surface area (Å²) in [5.74, 6) is 0.433. The highest BCUT2D eigenvalue weighted by molar-refractivity contribution is 7.98. The van der Waals surface area contributed by atoms with Crippen LogP contribution in [-0.2, 0) is 7.05 Å². The van der Waals surface area contributed by atoms with Crippen molar-refractivity contribution in [1.82, 2.24) is 19.7 Å². The van der Waals surface area contributed by atoms with Crippen LogP contribution in [0.25, 0.3) is 22.2 Å². The van der Waals surface area contributed by atoms with Gasteiger partial charge in [-0.3, -0.25) is 4.68 Å². The fraction of sp³-hybridized carbons (Fsp3) is 0.312. The van der Waals surface area contributed by atoms with E-state index in [2.05, 4.69) is 47.1 Å². The molecule has 0 aliphatic rings. The Bertz CT molecular complexity index is 792. The highest BCUT2D eigenvalue weighted by Gasteiger charge is 2.13. The Labute approximate surface area is 128 Å². The van der Waals surface area contributed by atoms with Crippen LogP contribution in [0.3, 0.4) is 0 Å². The van der Waals surface area contributed by atoms with Crippen molar-refractivity contribution < 1.29 is 0 Å². The van der Waals surface area contributed by atoms with Crippen LogP contribution >= 0.6 is 11.8 Å². The monoisotopic (exact) mass is 298 g/mol. The van der Waals surface area contributed by atoms with Crippen LogP contribution in [0.1, 0.15) is 25.5 Å². The van der Waals surface area contributed by atoms with Crippen molar-refractivity contribution >= 4 is 22.7 Å². The Kier molecular flexibility index (Phi) is 3.68. The van der Waals surface area contributed by atoms with Crippen LogP contribution in [0.2, 0.25) is 0 Å². The molecule has 0 amide bonds. The van der Waals surface area contributed by atoms with E-state index in [9.17, 15) is 0 Å². The van der Waals surface area contributed by atoms with E-state index in [1.165, 1.54) is 11.1 Å². The van der Waals surface area contributed by atoms with Crippen molar-refractivity contribution in [2.24, 2.45) is 7.05 Å². The lowest BCUT2D eigenvalue weighted by Gasteiger charge is -2.07. The van der Waals surface area contributed by atoms with E-state index in [1.54, 1.807) is 11.8 Å². The number of hydrogen-bond donors (Lipinski definition) is 0. The molecular weight excluding hydrogens is 280 g/mol. The number of hydrogen-bond acceptors (Lipinski definition) is 4. The smallest absolute Gasteiger partial charge is 0.187 e. The van der Waals surface area contributed by atoms with Gasteiger partial charge in [-0.1, -0.05) is 31.7 Å². The summed E-state index contributed by atoms with van der Waals surface area (Å²) >= 11 is 1.55. The maximum Gasteiger partial charge on any atom is 0.187 e. The minimum absolute atomic E-state index is 0.433. The van der Waals surface area contributed by atoms with Gasteiger partial charge in [0, 0.05) is 29.9 Å². The van der Waals surface area contributed by atoms with Gasteiger partial charge in [0.2, 0.25) is 0 Å². The van der Waals surface area contributed by atoms with E-state index in [-0.39, 0.29) is 0 Å². The molecule has 0 spiro atoms. The fourth-order valence-corrected chi connectivity index (χ4v) is 3.02. The molecule has 0 radical (unpaired) electrons. The predicted molar refractivity (Wildman–Crippen MR) is 87.6 cm³/mol. The standard InChI is InChI=1S/C16H18N4S/c1-10(2)15-12-9-11(5-6-14(12)19-20(15)3)13-7-8-17-16(18-13)21-4/h5-10H,1-4H3. The van der Waals surface area contributed by atoms with Crippen LogP contribution in [0, 0.1) is 0 Å². The van der Waals surface area contributed by atoms with Gasteiger partial charge in [0.15, 0.2) is 5.16 Å². The Balaban J connectivity index is 2.18. The highest BCUT2D eigenvalue weighted by Crippen LogP contribution is 2.29. The van der Waals surface area contributed by atoms with E-state index in [1.807, 2.05) is 30.2 Å². The van der Waals surface area contributed by atoms with Crippen LogP contribution in [-0.4, -0.2) is 26.0 Å². The molecule has 2 heterocycles. The summed E-state index contributed by atoms with van der Waals surface area (Å²) in [6, 6.07) is 8.28. The summed E-state index contributed by atoms with van der Waals surface area (Å²) in [6.45, 7) is 4.39. The third-order valence-electron chi connectivity index (χ3n) is 3.54. The van der Waals surface area contributed by atoms with Gasteiger partial charge in [-0.2, -0.15) is 5.10 Å². The molecule has 5 heteroatoms. The molecule has 0 aliphatic carbocycles. The quantitative estimate of drug-likeness (QED) is 0.544. The number of rotatable bonds is 3. The Morgan fingerprint density at radius 1 is 1.19 bits per heavy atom.